The van der Waals surface area contributed by atoms with Crippen molar-refractivity contribution >= 4 is 11.7 Å². The molecular weight excluding hydrogens is 380 g/mol. The first kappa shape index (κ1) is 20.0. The zero-order valence-electron chi connectivity index (χ0n) is 17.8. The first-order chi connectivity index (χ1) is 14.4. The molecule has 2 aromatic heterocycles. The molecule has 0 bridgehead atoms. The molecule has 0 unspecified atom stereocenters. The van der Waals surface area contributed by atoms with Gasteiger partial charge in [0.1, 0.15) is 0 Å². The first-order valence-corrected chi connectivity index (χ1v) is 10.2. The first-order valence-electron chi connectivity index (χ1n) is 10.2. The molecule has 0 saturated heterocycles. The largest absolute Gasteiger partial charge is 0.333 e. The van der Waals surface area contributed by atoms with Crippen molar-refractivity contribution in [2.75, 3.05) is 6.54 Å². The third-order valence-electron chi connectivity index (χ3n) is 5.68. The summed E-state index contributed by atoms with van der Waals surface area (Å²) in [6.07, 6.45) is 0.325. The number of rotatable bonds is 5. The van der Waals surface area contributed by atoms with Gasteiger partial charge in [0.05, 0.1) is 23.8 Å². The number of benzene rings is 1. The summed E-state index contributed by atoms with van der Waals surface area (Å²) in [6.45, 7) is 8.83. The minimum Gasteiger partial charge on any atom is -0.333 e. The zero-order valence-corrected chi connectivity index (χ0v) is 17.8. The van der Waals surface area contributed by atoms with Gasteiger partial charge in [-0.15, -0.1) is 10.2 Å². The monoisotopic (exact) mass is 406 g/mol. The van der Waals surface area contributed by atoms with Crippen LogP contribution < -0.4 is 0 Å². The molecule has 156 valence electrons. The van der Waals surface area contributed by atoms with Gasteiger partial charge < -0.3 is 9.47 Å². The molecule has 8 nitrogen and oxygen atoms in total. The average Bonchev–Trinajstić information content (AvgIpc) is 3.27. The Balaban J connectivity index is 1.47. The fraction of sp³-hybridized carbons (Fsp3) is 0.409. The Morgan fingerprint density at radius 1 is 1.13 bits per heavy atom. The molecule has 4 rings (SSSR count). The summed E-state index contributed by atoms with van der Waals surface area (Å²) < 4.78 is 3.88. The Morgan fingerprint density at radius 3 is 2.53 bits per heavy atom. The number of ketones is 1. The van der Waals surface area contributed by atoms with E-state index in [-0.39, 0.29) is 17.7 Å². The second kappa shape index (κ2) is 7.85. The van der Waals surface area contributed by atoms with Crippen molar-refractivity contribution < 1.29 is 9.59 Å². The number of nitrogens with zero attached hydrogens (tertiary/aromatic N) is 6. The predicted molar refractivity (Wildman–Crippen MR) is 112 cm³/mol. The molecule has 0 radical (unpaired) electrons. The summed E-state index contributed by atoms with van der Waals surface area (Å²) >= 11 is 0. The molecule has 3 aromatic rings. The molecule has 1 aliphatic rings. The standard InChI is InChI=1S/C22H26N6O2/c1-14-12-26(13-19-23-24-22(28(14)19)18-8-6-5-7-9-18)20(30)10-11-27-16(3)21(17(4)29)15(2)25-27/h5-9,14H,10-13H2,1-4H3/t14-/m0/s1. The van der Waals surface area contributed by atoms with Crippen molar-refractivity contribution in [2.24, 2.45) is 0 Å². The van der Waals surface area contributed by atoms with Gasteiger partial charge in [0.15, 0.2) is 17.4 Å². The van der Waals surface area contributed by atoms with Crippen LogP contribution in [0.1, 0.15) is 53.9 Å². The van der Waals surface area contributed by atoms with E-state index in [4.69, 9.17) is 0 Å². The van der Waals surface area contributed by atoms with E-state index in [2.05, 4.69) is 26.8 Å². The molecule has 3 heterocycles. The van der Waals surface area contributed by atoms with Crippen molar-refractivity contribution in [2.45, 2.75) is 53.2 Å². The summed E-state index contributed by atoms with van der Waals surface area (Å²) in [5.74, 6) is 1.69. The summed E-state index contributed by atoms with van der Waals surface area (Å²) in [4.78, 5) is 26.5. The van der Waals surface area contributed by atoms with E-state index >= 15 is 0 Å². The quantitative estimate of drug-likeness (QED) is 0.608. The normalized spacial score (nSPS) is 15.9. The topological polar surface area (TPSA) is 85.9 Å². The highest BCUT2D eigenvalue weighted by Crippen LogP contribution is 2.27. The van der Waals surface area contributed by atoms with Gasteiger partial charge in [0, 0.05) is 30.8 Å². The number of hydrogen-bond donors (Lipinski definition) is 0. The maximum absolute atomic E-state index is 12.9. The van der Waals surface area contributed by atoms with Crippen LogP contribution in [0.3, 0.4) is 0 Å². The van der Waals surface area contributed by atoms with Crippen molar-refractivity contribution in [1.29, 1.82) is 0 Å². The van der Waals surface area contributed by atoms with Gasteiger partial charge in [-0.1, -0.05) is 30.3 Å². The smallest absolute Gasteiger partial charge is 0.224 e. The number of hydrogen-bond acceptors (Lipinski definition) is 5. The molecule has 0 aliphatic carbocycles. The lowest BCUT2D eigenvalue weighted by molar-refractivity contribution is -0.133. The van der Waals surface area contributed by atoms with Gasteiger partial charge in [-0.05, 0) is 27.7 Å². The van der Waals surface area contributed by atoms with E-state index < -0.39 is 0 Å². The van der Waals surface area contributed by atoms with Gasteiger partial charge in [-0.25, -0.2) is 0 Å². The molecule has 1 atom stereocenters. The second-order valence-electron chi connectivity index (χ2n) is 7.87. The molecule has 0 saturated carbocycles. The van der Waals surface area contributed by atoms with E-state index in [1.165, 1.54) is 0 Å². The molecule has 0 fully saturated rings. The van der Waals surface area contributed by atoms with E-state index in [1.807, 2.05) is 49.1 Å². The van der Waals surface area contributed by atoms with Crippen molar-refractivity contribution in [1.82, 2.24) is 29.4 Å². The van der Waals surface area contributed by atoms with E-state index in [1.54, 1.807) is 11.6 Å². The Kier molecular flexibility index (Phi) is 5.24. The lowest BCUT2D eigenvalue weighted by atomic mass is 10.1. The van der Waals surface area contributed by atoms with Crippen LogP contribution in [-0.4, -0.2) is 47.7 Å². The maximum atomic E-state index is 12.9. The van der Waals surface area contributed by atoms with Crippen LogP contribution in [0.15, 0.2) is 30.3 Å². The van der Waals surface area contributed by atoms with Crippen LogP contribution in [0.2, 0.25) is 0 Å². The fourth-order valence-electron chi connectivity index (χ4n) is 4.29. The van der Waals surface area contributed by atoms with Gasteiger partial charge in [-0.2, -0.15) is 5.10 Å². The van der Waals surface area contributed by atoms with Crippen LogP contribution >= 0.6 is 0 Å². The number of carbonyl (C=O) groups is 2. The van der Waals surface area contributed by atoms with Gasteiger partial charge >= 0.3 is 0 Å². The van der Waals surface area contributed by atoms with Crippen LogP contribution in [0, 0.1) is 13.8 Å². The summed E-state index contributed by atoms with van der Waals surface area (Å²) in [6, 6.07) is 10.1. The van der Waals surface area contributed by atoms with Crippen LogP contribution in [0.4, 0.5) is 0 Å². The van der Waals surface area contributed by atoms with E-state index in [0.717, 1.165) is 22.9 Å². The molecular formula is C22H26N6O2. The molecule has 1 amide bonds. The number of Topliss-reactive ketones (excluding diaryl/α,β-unsaturated/α-hetero) is 1. The molecule has 0 N–H and O–H groups in total. The van der Waals surface area contributed by atoms with Crippen LogP contribution in [0.5, 0.6) is 0 Å². The highest BCUT2D eigenvalue weighted by molar-refractivity contribution is 5.96. The fourth-order valence-corrected chi connectivity index (χ4v) is 4.29. The zero-order chi connectivity index (χ0) is 21.4. The molecule has 8 heteroatoms. The van der Waals surface area contributed by atoms with Crippen molar-refractivity contribution in [3.05, 3.63) is 53.1 Å². The highest BCUT2D eigenvalue weighted by Gasteiger charge is 2.29. The third-order valence-corrected chi connectivity index (χ3v) is 5.68. The summed E-state index contributed by atoms with van der Waals surface area (Å²) in [7, 11) is 0. The highest BCUT2D eigenvalue weighted by atomic mass is 16.2. The Hall–Kier alpha value is -3.29. The summed E-state index contributed by atoms with van der Waals surface area (Å²) in [5.41, 5.74) is 3.19. The van der Waals surface area contributed by atoms with Crippen molar-refractivity contribution in [3.63, 3.8) is 0 Å². The number of amides is 1. The molecule has 1 aromatic carbocycles. The predicted octanol–water partition coefficient (Wildman–Crippen LogP) is 2.95. The average molecular weight is 406 g/mol. The maximum Gasteiger partial charge on any atom is 0.224 e. The van der Waals surface area contributed by atoms with E-state index in [9.17, 15) is 9.59 Å². The van der Waals surface area contributed by atoms with Gasteiger partial charge in [-0.3, -0.25) is 14.3 Å². The van der Waals surface area contributed by atoms with Crippen LogP contribution in [-0.2, 0) is 17.9 Å². The summed E-state index contributed by atoms with van der Waals surface area (Å²) in [5, 5.41) is 13.2. The number of aromatic nitrogens is 5. The van der Waals surface area contributed by atoms with Crippen LogP contribution in [0.25, 0.3) is 11.4 Å². The van der Waals surface area contributed by atoms with E-state index in [0.29, 0.717) is 37.3 Å². The third kappa shape index (κ3) is 3.53. The molecule has 30 heavy (non-hydrogen) atoms. The SMILES string of the molecule is CC(=O)c1c(C)nn(CCC(=O)N2Cc3nnc(-c4ccccc4)n3[C@@H](C)C2)c1C. The Labute approximate surface area is 175 Å². The molecule has 1 aliphatic heterocycles. The van der Waals surface area contributed by atoms with Crippen molar-refractivity contribution in [3.8, 4) is 11.4 Å². The number of fused-ring (bicyclic) bond motifs is 1. The molecule has 0 spiro atoms. The number of carbonyl (C=O) groups excluding carboxylic acids is 2. The Morgan fingerprint density at radius 2 is 1.87 bits per heavy atom. The lowest BCUT2D eigenvalue weighted by Gasteiger charge is -2.32. The lowest BCUT2D eigenvalue weighted by Crippen LogP contribution is -2.40. The second-order valence-corrected chi connectivity index (χ2v) is 7.87. The minimum absolute atomic E-state index is 0.000915. The van der Waals surface area contributed by atoms with Gasteiger partial charge in [0.2, 0.25) is 5.91 Å². The minimum atomic E-state index is 0.000915. The Bertz CT molecular complexity index is 1100. The number of aryl methyl sites for hydroxylation is 2. The van der Waals surface area contributed by atoms with Gasteiger partial charge in [0.25, 0.3) is 0 Å².